The van der Waals surface area contributed by atoms with Crippen LogP contribution < -0.4 is 10.1 Å². The summed E-state index contributed by atoms with van der Waals surface area (Å²) >= 11 is 0. The van der Waals surface area contributed by atoms with E-state index in [4.69, 9.17) is 9.84 Å². The molecule has 0 atom stereocenters. The van der Waals surface area contributed by atoms with E-state index in [0.29, 0.717) is 18.0 Å². The first kappa shape index (κ1) is 27.5. The van der Waals surface area contributed by atoms with Crippen molar-refractivity contribution in [3.05, 3.63) is 83.2 Å². The van der Waals surface area contributed by atoms with Crippen LogP contribution in [-0.4, -0.2) is 43.1 Å². The number of rotatable bonds is 12. The van der Waals surface area contributed by atoms with Crippen LogP contribution in [-0.2, 0) is 21.8 Å². The molecule has 0 aliphatic rings. The largest absolute Gasteiger partial charge is 0.477 e. The number of sulfone groups is 1. The minimum absolute atomic E-state index is 0.111. The van der Waals surface area contributed by atoms with Crippen LogP contribution in [0.5, 0.6) is 5.75 Å². The van der Waals surface area contributed by atoms with E-state index in [1.807, 2.05) is 42.7 Å². The zero-order valence-electron chi connectivity index (χ0n) is 21.5. The van der Waals surface area contributed by atoms with Gasteiger partial charge in [-0.15, -0.1) is 0 Å². The Morgan fingerprint density at radius 1 is 1.03 bits per heavy atom. The van der Waals surface area contributed by atoms with E-state index in [1.165, 1.54) is 0 Å². The number of benzene rings is 2. The van der Waals surface area contributed by atoms with Gasteiger partial charge in [0.15, 0.2) is 5.94 Å². The predicted octanol–water partition coefficient (Wildman–Crippen LogP) is 4.45. The number of carbonyl (C=O) groups excluding carboxylic acids is 1. The van der Waals surface area contributed by atoms with Gasteiger partial charge in [0.1, 0.15) is 11.4 Å². The van der Waals surface area contributed by atoms with Crippen LogP contribution in [0.4, 0.5) is 0 Å². The van der Waals surface area contributed by atoms with Gasteiger partial charge in [-0.3, -0.25) is 4.79 Å². The minimum atomic E-state index is -3.57. The first-order chi connectivity index (χ1) is 17.2. The van der Waals surface area contributed by atoms with Crippen molar-refractivity contribution in [3.63, 3.8) is 0 Å². The number of hydrogen-bond acceptors (Lipinski definition) is 5. The lowest BCUT2D eigenvalue weighted by atomic mass is 9.72. The Bertz CT molecular complexity index is 1280. The van der Waals surface area contributed by atoms with E-state index >= 15 is 0 Å². The molecule has 36 heavy (non-hydrogen) atoms. The predicted molar refractivity (Wildman–Crippen MR) is 141 cm³/mol. The third kappa shape index (κ3) is 5.50. The quantitative estimate of drug-likeness (QED) is 0.374. The number of aliphatic hydroxyl groups is 1. The number of carbonyl (C=O) groups is 1. The molecule has 7 nitrogen and oxygen atoms in total. The van der Waals surface area contributed by atoms with Gasteiger partial charge in [0, 0.05) is 24.2 Å². The fourth-order valence-corrected chi connectivity index (χ4v) is 5.79. The standard InChI is InChI=1S/C28H36N2O5S/c1-5-28(6-2,26-16-14-24(30(26)7-3)27(32)29-17-18-31)22-13-15-25(21(4)19-22)35-20-36(33,34)23-11-9-8-10-12-23/h8-16,19,31H,5-7,17-18,20H2,1-4H3,(H,29,32). The highest BCUT2D eigenvalue weighted by atomic mass is 32.2. The zero-order valence-corrected chi connectivity index (χ0v) is 22.3. The van der Waals surface area contributed by atoms with Crippen molar-refractivity contribution in [1.29, 1.82) is 0 Å². The molecule has 2 aromatic carbocycles. The van der Waals surface area contributed by atoms with Crippen LogP contribution in [0.25, 0.3) is 0 Å². The molecule has 0 bridgehead atoms. The van der Waals surface area contributed by atoms with E-state index in [9.17, 15) is 13.2 Å². The third-order valence-electron chi connectivity index (χ3n) is 6.82. The molecule has 194 valence electrons. The molecule has 8 heteroatoms. The molecule has 0 radical (unpaired) electrons. The van der Waals surface area contributed by atoms with Crippen molar-refractivity contribution in [3.8, 4) is 5.75 Å². The second-order valence-electron chi connectivity index (χ2n) is 8.79. The van der Waals surface area contributed by atoms with Gasteiger partial charge in [-0.05, 0) is 68.1 Å². The molecule has 1 heterocycles. The molecular weight excluding hydrogens is 476 g/mol. The molecule has 1 amide bonds. The molecule has 0 unspecified atom stereocenters. The summed E-state index contributed by atoms with van der Waals surface area (Å²) in [4.78, 5) is 12.9. The highest BCUT2D eigenvalue weighted by Crippen LogP contribution is 2.41. The number of ether oxygens (including phenoxy) is 1. The molecule has 0 aliphatic heterocycles. The van der Waals surface area contributed by atoms with Gasteiger partial charge in [-0.2, -0.15) is 0 Å². The normalized spacial score (nSPS) is 11.9. The fourth-order valence-electron chi connectivity index (χ4n) is 4.80. The lowest BCUT2D eigenvalue weighted by Gasteiger charge is -2.34. The summed E-state index contributed by atoms with van der Waals surface area (Å²) in [7, 11) is -3.57. The summed E-state index contributed by atoms with van der Waals surface area (Å²) < 4.78 is 33.1. The van der Waals surface area contributed by atoms with Crippen molar-refractivity contribution in [2.24, 2.45) is 0 Å². The molecule has 3 rings (SSSR count). The van der Waals surface area contributed by atoms with Crippen molar-refractivity contribution >= 4 is 15.7 Å². The number of nitrogens with zero attached hydrogens (tertiary/aromatic N) is 1. The van der Waals surface area contributed by atoms with Crippen LogP contribution >= 0.6 is 0 Å². The fraction of sp³-hybridized carbons (Fsp3) is 0.393. The average Bonchev–Trinajstić information content (AvgIpc) is 3.33. The number of hydrogen-bond donors (Lipinski definition) is 2. The molecule has 0 fully saturated rings. The molecule has 3 aromatic rings. The van der Waals surface area contributed by atoms with Gasteiger partial charge in [0.25, 0.3) is 5.91 Å². The molecule has 2 N–H and O–H groups in total. The molecular formula is C28H36N2O5S. The van der Waals surface area contributed by atoms with E-state index in [2.05, 4.69) is 25.2 Å². The summed E-state index contributed by atoms with van der Waals surface area (Å²) in [5.74, 6) is -0.123. The van der Waals surface area contributed by atoms with Gasteiger partial charge in [-0.25, -0.2) is 8.42 Å². The lowest BCUT2D eigenvalue weighted by molar-refractivity contribution is 0.0935. The summed E-state index contributed by atoms with van der Waals surface area (Å²) in [6.07, 6.45) is 1.63. The Labute approximate surface area is 214 Å². The number of aliphatic hydroxyl groups excluding tert-OH is 1. The van der Waals surface area contributed by atoms with E-state index in [0.717, 1.165) is 29.7 Å². The number of aromatic nitrogens is 1. The van der Waals surface area contributed by atoms with Gasteiger partial charge in [0.05, 0.1) is 11.5 Å². The van der Waals surface area contributed by atoms with Crippen LogP contribution in [0.1, 0.15) is 60.9 Å². The first-order valence-electron chi connectivity index (χ1n) is 12.3. The van der Waals surface area contributed by atoms with Crippen molar-refractivity contribution < 1.29 is 23.1 Å². The highest BCUT2D eigenvalue weighted by molar-refractivity contribution is 7.91. The highest BCUT2D eigenvalue weighted by Gasteiger charge is 2.35. The smallest absolute Gasteiger partial charge is 0.267 e. The Kier molecular flexibility index (Phi) is 8.98. The third-order valence-corrected chi connectivity index (χ3v) is 8.24. The molecule has 1 aromatic heterocycles. The van der Waals surface area contributed by atoms with Crippen molar-refractivity contribution in [2.75, 3.05) is 19.1 Å². The van der Waals surface area contributed by atoms with E-state index < -0.39 is 15.8 Å². The Balaban J connectivity index is 1.93. The molecule has 0 saturated heterocycles. The maximum atomic E-state index is 12.7. The topological polar surface area (TPSA) is 97.6 Å². The van der Waals surface area contributed by atoms with E-state index in [-0.39, 0.29) is 29.4 Å². The van der Waals surface area contributed by atoms with Crippen LogP contribution in [0.15, 0.2) is 65.6 Å². The zero-order chi connectivity index (χ0) is 26.3. The molecule has 0 saturated carbocycles. The minimum Gasteiger partial charge on any atom is -0.477 e. The second kappa shape index (κ2) is 11.8. The summed E-state index contributed by atoms with van der Waals surface area (Å²) in [5.41, 5.74) is 3.19. The average molecular weight is 513 g/mol. The van der Waals surface area contributed by atoms with Crippen LogP contribution in [0, 0.1) is 6.92 Å². The Morgan fingerprint density at radius 3 is 2.31 bits per heavy atom. The van der Waals surface area contributed by atoms with Crippen LogP contribution in [0.3, 0.4) is 0 Å². The first-order valence-corrected chi connectivity index (χ1v) is 14.0. The maximum Gasteiger partial charge on any atom is 0.267 e. The van der Waals surface area contributed by atoms with E-state index in [1.54, 1.807) is 30.3 Å². The maximum absolute atomic E-state index is 12.7. The number of aryl methyl sites for hydroxylation is 1. The van der Waals surface area contributed by atoms with Gasteiger partial charge < -0.3 is 19.7 Å². The van der Waals surface area contributed by atoms with Crippen molar-refractivity contribution in [1.82, 2.24) is 9.88 Å². The lowest BCUT2D eigenvalue weighted by Crippen LogP contribution is -2.32. The number of amides is 1. The molecule has 0 spiro atoms. The Morgan fingerprint density at radius 2 is 1.72 bits per heavy atom. The monoisotopic (exact) mass is 512 g/mol. The second-order valence-corrected chi connectivity index (χ2v) is 10.7. The van der Waals surface area contributed by atoms with Crippen LogP contribution in [0.2, 0.25) is 0 Å². The summed E-state index contributed by atoms with van der Waals surface area (Å²) in [6.45, 7) is 8.91. The summed E-state index contributed by atoms with van der Waals surface area (Å²) in [5, 5.41) is 11.8. The number of nitrogens with one attached hydrogen (secondary N) is 1. The Hall–Kier alpha value is -3.10. The van der Waals surface area contributed by atoms with Gasteiger partial charge in [-0.1, -0.05) is 44.2 Å². The van der Waals surface area contributed by atoms with Gasteiger partial charge >= 0.3 is 0 Å². The summed E-state index contributed by atoms with van der Waals surface area (Å²) in [6, 6.07) is 18.0. The SMILES string of the molecule is CCn1c(C(=O)NCCO)ccc1C(CC)(CC)c1ccc(OCS(=O)(=O)c2ccccc2)c(C)c1. The van der Waals surface area contributed by atoms with Gasteiger partial charge in [0.2, 0.25) is 9.84 Å². The molecule has 0 aliphatic carbocycles. The van der Waals surface area contributed by atoms with Crippen molar-refractivity contribution in [2.45, 2.75) is 57.4 Å².